The number of benzene rings is 1. The number of aromatic nitrogens is 4. The maximum Gasteiger partial charge on any atom is 0.280 e. The van der Waals surface area contributed by atoms with Crippen LogP contribution in [0.1, 0.15) is 37.1 Å². The van der Waals surface area contributed by atoms with Gasteiger partial charge < -0.3 is 39.3 Å². The second-order valence-electron chi connectivity index (χ2n) is 10.1. The van der Waals surface area contributed by atoms with Crippen LogP contribution in [0.5, 0.6) is 0 Å². The van der Waals surface area contributed by atoms with Gasteiger partial charge in [-0.1, -0.05) is 25.0 Å². The zero-order valence-corrected chi connectivity index (χ0v) is 26.8. The highest BCUT2D eigenvalue weighted by Gasteiger charge is 2.15. The van der Waals surface area contributed by atoms with Crippen molar-refractivity contribution in [2.75, 3.05) is 84.2 Å². The van der Waals surface area contributed by atoms with Gasteiger partial charge >= 0.3 is 0 Å². The monoisotopic (exact) mass is 666 g/mol. The summed E-state index contributed by atoms with van der Waals surface area (Å²) in [5.41, 5.74) is 6.30. The van der Waals surface area contributed by atoms with Crippen molar-refractivity contribution in [2.45, 2.75) is 32.2 Å². The number of fused-ring (bicyclic) bond motifs is 1. The predicted molar refractivity (Wildman–Crippen MR) is 173 cm³/mol. The molecular weight excluding hydrogens is 623 g/mol. The zero-order chi connectivity index (χ0) is 32.8. The predicted octanol–water partition coefficient (Wildman–Crippen LogP) is 2.90. The quantitative estimate of drug-likeness (QED) is 0.0696. The SMILES string of the molecule is Nc1nc2c(nc(/C=C/C(=O)NCCOCCOCCOCCOCCOCCCCCCCl)n2Cc2ccc(F)cc2)c(=O)[nH]1. The number of nitrogens with two attached hydrogens (primary N) is 1. The summed E-state index contributed by atoms with van der Waals surface area (Å²) in [5.74, 6) is 0.231. The zero-order valence-electron chi connectivity index (χ0n) is 26.0. The van der Waals surface area contributed by atoms with Gasteiger partial charge in [-0.3, -0.25) is 14.6 Å². The molecule has 15 heteroatoms. The molecule has 2 aromatic heterocycles. The van der Waals surface area contributed by atoms with Gasteiger partial charge in [-0.05, 0) is 36.6 Å². The summed E-state index contributed by atoms with van der Waals surface area (Å²) in [6, 6.07) is 5.89. The Morgan fingerprint density at radius 2 is 1.46 bits per heavy atom. The van der Waals surface area contributed by atoms with Crippen molar-refractivity contribution >= 4 is 40.7 Å². The average molecular weight is 667 g/mol. The van der Waals surface area contributed by atoms with E-state index in [1.807, 2.05) is 0 Å². The third kappa shape index (κ3) is 14.4. The van der Waals surface area contributed by atoms with Gasteiger partial charge in [0.15, 0.2) is 11.2 Å². The second-order valence-corrected chi connectivity index (χ2v) is 10.5. The van der Waals surface area contributed by atoms with Crippen LogP contribution < -0.4 is 16.6 Å². The number of halogens is 2. The van der Waals surface area contributed by atoms with Crippen molar-refractivity contribution in [3.63, 3.8) is 0 Å². The lowest BCUT2D eigenvalue weighted by atomic mass is 10.2. The molecular formula is C31H44ClFN6O7. The van der Waals surface area contributed by atoms with E-state index in [1.54, 1.807) is 16.7 Å². The number of ether oxygens (including phenoxy) is 5. The Bertz CT molecular complexity index is 1390. The van der Waals surface area contributed by atoms with Crippen LogP contribution in [-0.4, -0.2) is 104 Å². The first-order chi connectivity index (χ1) is 22.5. The average Bonchev–Trinajstić information content (AvgIpc) is 3.38. The summed E-state index contributed by atoms with van der Waals surface area (Å²) < 4.78 is 42.4. The Kier molecular flexibility index (Phi) is 17.9. The molecule has 254 valence electrons. The molecule has 4 N–H and O–H groups in total. The molecule has 0 saturated carbocycles. The Labute approximate surface area is 272 Å². The number of hydrogen-bond donors (Lipinski definition) is 3. The number of nitrogens with zero attached hydrogens (tertiary/aromatic N) is 3. The molecule has 1 amide bonds. The molecule has 0 aliphatic heterocycles. The van der Waals surface area contributed by atoms with E-state index in [2.05, 4.69) is 20.3 Å². The molecule has 0 aliphatic carbocycles. The largest absolute Gasteiger partial charge is 0.379 e. The van der Waals surface area contributed by atoms with Crippen molar-refractivity contribution in [1.29, 1.82) is 0 Å². The lowest BCUT2D eigenvalue weighted by Gasteiger charge is -2.08. The van der Waals surface area contributed by atoms with E-state index in [0.717, 1.165) is 43.7 Å². The molecule has 0 radical (unpaired) electrons. The smallest absolute Gasteiger partial charge is 0.280 e. The first-order valence-electron chi connectivity index (χ1n) is 15.4. The van der Waals surface area contributed by atoms with Crippen LogP contribution in [-0.2, 0) is 35.0 Å². The number of H-pyrrole nitrogens is 1. The van der Waals surface area contributed by atoms with E-state index in [4.69, 9.17) is 41.0 Å². The lowest BCUT2D eigenvalue weighted by Crippen LogP contribution is -2.26. The van der Waals surface area contributed by atoms with E-state index < -0.39 is 5.56 Å². The summed E-state index contributed by atoms with van der Waals surface area (Å²) in [7, 11) is 0. The van der Waals surface area contributed by atoms with Gasteiger partial charge in [0.25, 0.3) is 5.56 Å². The van der Waals surface area contributed by atoms with Crippen LogP contribution in [0.3, 0.4) is 0 Å². The minimum atomic E-state index is -0.504. The van der Waals surface area contributed by atoms with Crippen LogP contribution in [0.15, 0.2) is 35.1 Å². The molecule has 3 aromatic rings. The molecule has 2 heterocycles. The van der Waals surface area contributed by atoms with E-state index >= 15 is 0 Å². The first-order valence-corrected chi connectivity index (χ1v) is 15.9. The van der Waals surface area contributed by atoms with E-state index in [1.165, 1.54) is 24.3 Å². The van der Waals surface area contributed by atoms with Crippen molar-refractivity contribution in [3.8, 4) is 0 Å². The van der Waals surface area contributed by atoms with Crippen LogP contribution in [0.4, 0.5) is 10.3 Å². The number of nitrogens with one attached hydrogen (secondary N) is 2. The number of hydrogen-bond acceptors (Lipinski definition) is 10. The number of anilines is 1. The van der Waals surface area contributed by atoms with Crippen molar-refractivity contribution in [1.82, 2.24) is 24.8 Å². The van der Waals surface area contributed by atoms with E-state index in [0.29, 0.717) is 65.3 Å². The summed E-state index contributed by atoms with van der Waals surface area (Å²) in [6.45, 7) is 5.38. The highest BCUT2D eigenvalue weighted by molar-refractivity contribution is 6.17. The molecule has 0 bridgehead atoms. The fourth-order valence-electron chi connectivity index (χ4n) is 4.19. The molecule has 46 heavy (non-hydrogen) atoms. The van der Waals surface area contributed by atoms with Gasteiger partial charge in [0.1, 0.15) is 11.6 Å². The Balaban J connectivity index is 1.23. The van der Waals surface area contributed by atoms with Gasteiger partial charge in [0, 0.05) is 25.1 Å². The third-order valence-electron chi connectivity index (χ3n) is 6.50. The Morgan fingerprint density at radius 1 is 0.870 bits per heavy atom. The minimum absolute atomic E-state index is 0.0662. The van der Waals surface area contributed by atoms with Crippen LogP contribution in [0.2, 0.25) is 0 Å². The van der Waals surface area contributed by atoms with Gasteiger partial charge in [-0.15, -0.1) is 11.6 Å². The maximum atomic E-state index is 13.4. The third-order valence-corrected chi connectivity index (χ3v) is 6.76. The normalized spacial score (nSPS) is 11.6. The number of carbonyl (C=O) groups excluding carboxylic acids is 1. The molecule has 0 unspecified atom stereocenters. The summed E-state index contributed by atoms with van der Waals surface area (Å²) in [5, 5.41) is 2.72. The number of rotatable bonds is 25. The van der Waals surface area contributed by atoms with Gasteiger partial charge in [-0.25, -0.2) is 9.37 Å². The molecule has 3 rings (SSSR count). The van der Waals surface area contributed by atoms with Gasteiger partial charge in [-0.2, -0.15) is 4.98 Å². The highest BCUT2D eigenvalue weighted by atomic mass is 35.5. The molecule has 0 atom stereocenters. The van der Waals surface area contributed by atoms with E-state index in [-0.39, 0.29) is 41.9 Å². The van der Waals surface area contributed by atoms with Crippen LogP contribution in [0.25, 0.3) is 17.2 Å². The molecule has 1 aromatic carbocycles. The van der Waals surface area contributed by atoms with Crippen molar-refractivity contribution < 1.29 is 32.9 Å². The minimum Gasteiger partial charge on any atom is -0.379 e. The van der Waals surface area contributed by atoms with Crippen LogP contribution >= 0.6 is 11.6 Å². The number of amides is 1. The molecule has 0 saturated heterocycles. The summed E-state index contributed by atoms with van der Waals surface area (Å²) >= 11 is 5.65. The summed E-state index contributed by atoms with van der Waals surface area (Å²) in [6.07, 6.45) is 7.18. The lowest BCUT2D eigenvalue weighted by molar-refractivity contribution is -0.116. The number of imidazole rings is 1. The molecule has 0 fully saturated rings. The topological polar surface area (TPSA) is 165 Å². The Morgan fingerprint density at radius 3 is 2.09 bits per heavy atom. The fraction of sp³-hybridized carbons (Fsp3) is 0.548. The summed E-state index contributed by atoms with van der Waals surface area (Å²) in [4.78, 5) is 35.7. The number of aromatic amines is 1. The molecule has 0 spiro atoms. The van der Waals surface area contributed by atoms with Crippen molar-refractivity contribution in [3.05, 3.63) is 57.9 Å². The number of alkyl halides is 1. The van der Waals surface area contributed by atoms with Crippen LogP contribution in [0, 0.1) is 5.82 Å². The molecule has 13 nitrogen and oxygen atoms in total. The van der Waals surface area contributed by atoms with Gasteiger partial charge in [0.2, 0.25) is 11.9 Å². The standard InChI is InChI=1S/C31H44ClFN6O7/c32-11-3-1-2-4-13-42-15-17-44-19-21-46-22-20-45-18-16-43-14-12-35-27(40)10-9-26-36-28-29(37-31(34)38-30(28)41)39(26)23-24-5-7-25(33)8-6-24/h5-10H,1-4,11-23H2,(H,35,40)(H3,34,37,38,41)/b10-9+. The highest BCUT2D eigenvalue weighted by Crippen LogP contribution is 2.16. The molecule has 0 aliphatic rings. The van der Waals surface area contributed by atoms with E-state index in [9.17, 15) is 14.0 Å². The van der Waals surface area contributed by atoms with Gasteiger partial charge in [0.05, 0.1) is 66.0 Å². The first kappa shape index (κ1) is 37.1. The Hall–Kier alpha value is -3.40. The number of nitrogen functional groups attached to an aromatic ring is 1. The van der Waals surface area contributed by atoms with Crippen molar-refractivity contribution in [2.24, 2.45) is 0 Å². The number of unbranched alkanes of at least 4 members (excludes halogenated alkanes) is 3. The second kappa shape index (κ2) is 22.2. The number of carbonyl (C=O) groups is 1. The maximum absolute atomic E-state index is 13.4. The fourth-order valence-corrected chi connectivity index (χ4v) is 4.38.